The van der Waals surface area contributed by atoms with Crippen LogP contribution in [0.2, 0.25) is 0 Å². The molecule has 24 heavy (non-hydrogen) atoms. The number of halogens is 3. The van der Waals surface area contributed by atoms with E-state index in [4.69, 9.17) is 4.74 Å². The van der Waals surface area contributed by atoms with Crippen LogP contribution in [0.5, 0.6) is 0 Å². The lowest BCUT2D eigenvalue weighted by Gasteiger charge is -2.22. The normalized spacial score (nSPS) is 17.8. The molecule has 1 saturated heterocycles. The highest BCUT2D eigenvalue weighted by molar-refractivity contribution is 14.1. The lowest BCUT2D eigenvalue weighted by molar-refractivity contribution is 0.0501. The third-order valence-electron chi connectivity index (χ3n) is 3.45. The zero-order chi connectivity index (χ0) is 18.1. The second kappa shape index (κ2) is 7.20. The molecule has 132 valence electrons. The molecule has 1 fully saturated rings. The van der Waals surface area contributed by atoms with Crippen LogP contribution >= 0.6 is 22.6 Å². The van der Waals surface area contributed by atoms with Crippen LogP contribution in [0.3, 0.4) is 0 Å². The molecule has 0 radical (unpaired) electrons. The monoisotopic (exact) mass is 452 g/mol. The Balaban J connectivity index is 2.02. The van der Waals surface area contributed by atoms with E-state index in [9.17, 15) is 18.4 Å². The highest BCUT2D eigenvalue weighted by Crippen LogP contribution is 2.22. The molecule has 5 nitrogen and oxygen atoms in total. The first-order valence-corrected chi connectivity index (χ1v) is 8.58. The average Bonchev–Trinajstić information content (AvgIpc) is 2.89. The molecule has 0 bridgehead atoms. The van der Waals surface area contributed by atoms with Gasteiger partial charge < -0.3 is 15.0 Å². The van der Waals surface area contributed by atoms with Crippen LogP contribution in [0.4, 0.5) is 13.6 Å². The molecule has 0 aliphatic carbocycles. The van der Waals surface area contributed by atoms with E-state index in [-0.39, 0.29) is 16.2 Å². The number of carbonyl (C=O) groups is 2. The van der Waals surface area contributed by atoms with Gasteiger partial charge in [0.15, 0.2) is 5.82 Å². The van der Waals surface area contributed by atoms with Gasteiger partial charge in [0.25, 0.3) is 5.91 Å². The van der Waals surface area contributed by atoms with Crippen LogP contribution in [-0.2, 0) is 4.74 Å². The Bertz CT molecular complexity index is 661. The average molecular weight is 452 g/mol. The molecular formula is C16H19F2IN2O3. The Morgan fingerprint density at radius 3 is 2.62 bits per heavy atom. The number of rotatable bonds is 2. The van der Waals surface area contributed by atoms with Gasteiger partial charge in [0.2, 0.25) is 0 Å². The number of hydrogen-bond acceptors (Lipinski definition) is 3. The van der Waals surface area contributed by atoms with Gasteiger partial charge in [0.1, 0.15) is 17.0 Å². The molecule has 1 N–H and O–H groups in total. The predicted molar refractivity (Wildman–Crippen MR) is 92.8 cm³/mol. The van der Waals surface area contributed by atoms with Crippen molar-refractivity contribution in [1.29, 1.82) is 0 Å². The molecule has 1 aromatic rings. The van der Waals surface area contributed by atoms with Gasteiger partial charge in [-0.2, -0.15) is 0 Å². The van der Waals surface area contributed by atoms with Crippen molar-refractivity contribution in [1.82, 2.24) is 10.2 Å². The second-order valence-corrected chi connectivity index (χ2v) is 7.76. The van der Waals surface area contributed by atoms with Crippen LogP contribution in [0.15, 0.2) is 12.1 Å². The van der Waals surface area contributed by atoms with Crippen molar-refractivity contribution < 1.29 is 23.1 Å². The standard InChI is InChI=1S/C16H19F2IN2O3/c1-16(2,3)24-15(23)20-9-6-7-21(8-9)14(22)12-10(17)4-5-11(19)13(12)18/h4-5,9H,6-8H2,1-3H3,(H,20,23)/t9-/m0/s1. The van der Waals surface area contributed by atoms with Crippen LogP contribution in [0.25, 0.3) is 0 Å². The van der Waals surface area contributed by atoms with Crippen molar-refractivity contribution in [3.63, 3.8) is 0 Å². The van der Waals surface area contributed by atoms with Gasteiger partial charge in [-0.3, -0.25) is 4.79 Å². The van der Waals surface area contributed by atoms with Gasteiger partial charge in [0.05, 0.1) is 6.04 Å². The number of carbonyl (C=O) groups excluding carboxylic acids is 2. The zero-order valence-electron chi connectivity index (χ0n) is 13.7. The molecule has 0 saturated carbocycles. The Morgan fingerprint density at radius 1 is 1.33 bits per heavy atom. The van der Waals surface area contributed by atoms with Gasteiger partial charge in [-0.25, -0.2) is 13.6 Å². The Morgan fingerprint density at radius 2 is 2.00 bits per heavy atom. The zero-order valence-corrected chi connectivity index (χ0v) is 15.8. The van der Waals surface area contributed by atoms with Gasteiger partial charge >= 0.3 is 6.09 Å². The van der Waals surface area contributed by atoms with Crippen molar-refractivity contribution in [2.45, 2.75) is 38.8 Å². The SMILES string of the molecule is CC(C)(C)OC(=O)N[C@H]1CCN(C(=O)c2c(F)ccc(I)c2F)C1. The minimum Gasteiger partial charge on any atom is -0.444 e. The number of benzene rings is 1. The molecule has 1 aliphatic rings. The van der Waals surface area contributed by atoms with Gasteiger partial charge in [-0.15, -0.1) is 0 Å². The summed E-state index contributed by atoms with van der Waals surface area (Å²) < 4.78 is 33.3. The maximum Gasteiger partial charge on any atom is 0.407 e. The van der Waals surface area contributed by atoms with Gasteiger partial charge in [-0.1, -0.05) is 0 Å². The third-order valence-corrected chi connectivity index (χ3v) is 4.29. The fourth-order valence-corrected chi connectivity index (χ4v) is 2.87. The van der Waals surface area contributed by atoms with E-state index < -0.39 is 34.8 Å². The Hall–Kier alpha value is -1.45. The first-order valence-electron chi connectivity index (χ1n) is 7.51. The molecular weight excluding hydrogens is 433 g/mol. The van der Waals surface area contributed by atoms with E-state index in [1.807, 2.05) is 0 Å². The summed E-state index contributed by atoms with van der Waals surface area (Å²) in [7, 11) is 0. The maximum absolute atomic E-state index is 14.1. The van der Waals surface area contributed by atoms with E-state index in [0.717, 1.165) is 6.07 Å². The lowest BCUT2D eigenvalue weighted by Crippen LogP contribution is -2.41. The molecule has 2 amide bonds. The summed E-state index contributed by atoms with van der Waals surface area (Å²) in [5.74, 6) is -2.46. The van der Waals surface area contributed by atoms with E-state index in [1.54, 1.807) is 43.4 Å². The number of alkyl carbamates (subject to hydrolysis) is 1. The van der Waals surface area contributed by atoms with Crippen molar-refractivity contribution in [2.24, 2.45) is 0 Å². The van der Waals surface area contributed by atoms with Crippen LogP contribution in [0.1, 0.15) is 37.6 Å². The van der Waals surface area contributed by atoms with E-state index in [2.05, 4.69) is 5.32 Å². The molecule has 1 aliphatic heterocycles. The summed E-state index contributed by atoms with van der Waals surface area (Å²) in [6.07, 6.45) is -0.0774. The van der Waals surface area contributed by atoms with E-state index in [0.29, 0.717) is 13.0 Å². The van der Waals surface area contributed by atoms with Crippen molar-refractivity contribution in [2.75, 3.05) is 13.1 Å². The van der Waals surface area contributed by atoms with E-state index in [1.165, 1.54) is 11.0 Å². The number of likely N-dealkylation sites (tertiary alicyclic amines) is 1. The van der Waals surface area contributed by atoms with Gasteiger partial charge in [-0.05, 0) is 61.9 Å². The highest BCUT2D eigenvalue weighted by Gasteiger charge is 2.32. The fraction of sp³-hybridized carbons (Fsp3) is 0.500. The first kappa shape index (κ1) is 18.9. The molecule has 0 aromatic heterocycles. The van der Waals surface area contributed by atoms with Crippen molar-refractivity contribution in [3.05, 3.63) is 32.9 Å². The molecule has 0 unspecified atom stereocenters. The number of ether oxygens (including phenoxy) is 1. The summed E-state index contributed by atoms with van der Waals surface area (Å²) >= 11 is 1.71. The number of nitrogens with one attached hydrogen (secondary N) is 1. The topological polar surface area (TPSA) is 58.6 Å². The Labute approximate surface area is 152 Å². The first-order chi connectivity index (χ1) is 11.1. The van der Waals surface area contributed by atoms with Crippen LogP contribution < -0.4 is 5.32 Å². The minimum absolute atomic E-state index is 0.181. The maximum atomic E-state index is 14.1. The lowest BCUT2D eigenvalue weighted by atomic mass is 10.1. The summed E-state index contributed by atoms with van der Waals surface area (Å²) in [4.78, 5) is 25.5. The number of amides is 2. The van der Waals surface area contributed by atoms with Crippen LogP contribution in [0, 0.1) is 15.2 Å². The summed E-state index contributed by atoms with van der Waals surface area (Å²) in [5, 5.41) is 2.67. The molecule has 0 spiro atoms. The summed E-state index contributed by atoms with van der Waals surface area (Å²) in [5.41, 5.74) is -1.18. The Kier molecular flexibility index (Phi) is 5.67. The predicted octanol–water partition coefficient (Wildman–Crippen LogP) is 3.31. The largest absolute Gasteiger partial charge is 0.444 e. The molecule has 2 rings (SSSR count). The molecule has 1 atom stereocenters. The summed E-state index contributed by atoms with van der Waals surface area (Å²) in [6, 6.07) is 2.04. The van der Waals surface area contributed by atoms with Crippen molar-refractivity contribution >= 4 is 34.6 Å². The van der Waals surface area contributed by atoms with E-state index >= 15 is 0 Å². The van der Waals surface area contributed by atoms with Crippen LogP contribution in [-0.4, -0.2) is 41.6 Å². The highest BCUT2D eigenvalue weighted by atomic mass is 127. The second-order valence-electron chi connectivity index (χ2n) is 6.60. The number of nitrogens with zero attached hydrogens (tertiary/aromatic N) is 1. The minimum atomic E-state index is -0.888. The quantitative estimate of drug-likeness (QED) is 0.554. The van der Waals surface area contributed by atoms with Crippen molar-refractivity contribution in [3.8, 4) is 0 Å². The van der Waals surface area contributed by atoms with Gasteiger partial charge in [0, 0.05) is 16.7 Å². The molecule has 8 heteroatoms. The summed E-state index contributed by atoms with van der Waals surface area (Å²) in [6.45, 7) is 5.74. The third kappa shape index (κ3) is 4.55. The fourth-order valence-electron chi connectivity index (χ4n) is 2.42. The smallest absolute Gasteiger partial charge is 0.407 e. The molecule has 1 heterocycles. The molecule has 1 aromatic carbocycles. The number of hydrogen-bond donors (Lipinski definition) is 1.